The minimum Gasteiger partial charge on any atom is -0.466 e. The van der Waals surface area contributed by atoms with Crippen molar-refractivity contribution < 1.29 is 9.21 Å². The molecule has 130 valence electrons. The SMILES string of the molecule is Cc1cc(C(=O)N(Cc2ccccc2)c2nc3ccccc3s2)c(C)o1. The number of anilines is 1. The zero-order chi connectivity index (χ0) is 18.1. The minimum absolute atomic E-state index is 0.0951. The Bertz CT molecular complexity index is 1030. The van der Waals surface area contributed by atoms with Gasteiger partial charge in [-0.3, -0.25) is 9.69 Å². The molecule has 1 amide bonds. The van der Waals surface area contributed by atoms with E-state index in [9.17, 15) is 4.79 Å². The largest absolute Gasteiger partial charge is 0.466 e. The quantitative estimate of drug-likeness (QED) is 0.491. The molecule has 0 saturated heterocycles. The summed E-state index contributed by atoms with van der Waals surface area (Å²) in [6, 6.07) is 19.7. The Labute approximate surface area is 155 Å². The van der Waals surface area contributed by atoms with E-state index in [1.807, 2.05) is 68.4 Å². The van der Waals surface area contributed by atoms with Gasteiger partial charge in [0.05, 0.1) is 22.3 Å². The topological polar surface area (TPSA) is 46.3 Å². The predicted molar refractivity (Wildman–Crippen MR) is 105 cm³/mol. The summed E-state index contributed by atoms with van der Waals surface area (Å²) in [6.45, 7) is 4.13. The summed E-state index contributed by atoms with van der Waals surface area (Å²) in [5.74, 6) is 1.27. The van der Waals surface area contributed by atoms with Gasteiger partial charge in [0.1, 0.15) is 11.5 Å². The zero-order valence-electron chi connectivity index (χ0n) is 14.6. The van der Waals surface area contributed by atoms with Crippen LogP contribution < -0.4 is 4.90 Å². The summed E-state index contributed by atoms with van der Waals surface area (Å²) in [5, 5.41) is 0.693. The summed E-state index contributed by atoms with van der Waals surface area (Å²) in [5.41, 5.74) is 2.54. The molecule has 4 aromatic rings. The van der Waals surface area contributed by atoms with Gasteiger partial charge in [0, 0.05) is 0 Å². The second-order valence-corrected chi connectivity index (χ2v) is 7.18. The van der Waals surface area contributed by atoms with Gasteiger partial charge in [0.2, 0.25) is 0 Å². The maximum atomic E-state index is 13.3. The van der Waals surface area contributed by atoms with Crippen molar-refractivity contribution in [2.24, 2.45) is 0 Å². The number of carbonyl (C=O) groups excluding carboxylic acids is 1. The van der Waals surface area contributed by atoms with Gasteiger partial charge in [-0.1, -0.05) is 53.8 Å². The van der Waals surface area contributed by atoms with Crippen LogP contribution in [0.3, 0.4) is 0 Å². The standard InChI is InChI=1S/C21H18N2O2S/c1-14-12-17(15(2)25-14)20(24)23(13-16-8-4-3-5-9-16)21-22-18-10-6-7-11-19(18)26-21/h3-12H,13H2,1-2H3. The molecule has 26 heavy (non-hydrogen) atoms. The van der Waals surface area contributed by atoms with Crippen LogP contribution in [-0.2, 0) is 6.54 Å². The highest BCUT2D eigenvalue weighted by Gasteiger charge is 2.24. The number of benzene rings is 2. The third-order valence-electron chi connectivity index (χ3n) is 4.21. The molecule has 5 heteroatoms. The fourth-order valence-corrected chi connectivity index (χ4v) is 3.92. The molecule has 0 spiro atoms. The highest BCUT2D eigenvalue weighted by atomic mass is 32.1. The highest BCUT2D eigenvalue weighted by Crippen LogP contribution is 2.31. The number of aryl methyl sites for hydroxylation is 2. The number of carbonyl (C=O) groups is 1. The third kappa shape index (κ3) is 3.13. The monoisotopic (exact) mass is 362 g/mol. The molecule has 2 aromatic heterocycles. The van der Waals surface area contributed by atoms with E-state index in [2.05, 4.69) is 4.98 Å². The first-order valence-corrected chi connectivity index (χ1v) is 9.22. The van der Waals surface area contributed by atoms with Gasteiger partial charge in [-0.2, -0.15) is 0 Å². The van der Waals surface area contributed by atoms with Crippen LogP contribution >= 0.6 is 11.3 Å². The summed E-state index contributed by atoms with van der Waals surface area (Å²) >= 11 is 1.52. The number of thiazole rings is 1. The van der Waals surface area contributed by atoms with Crippen LogP contribution in [-0.4, -0.2) is 10.9 Å². The second kappa shape index (κ2) is 6.77. The lowest BCUT2D eigenvalue weighted by Gasteiger charge is -2.19. The Kier molecular flexibility index (Phi) is 4.31. The molecule has 2 heterocycles. The Morgan fingerprint density at radius 3 is 2.50 bits per heavy atom. The molecular formula is C21H18N2O2S. The molecule has 0 aliphatic carbocycles. The Morgan fingerprint density at radius 2 is 1.81 bits per heavy atom. The van der Waals surface area contributed by atoms with Crippen molar-refractivity contribution in [1.29, 1.82) is 0 Å². The van der Waals surface area contributed by atoms with Crippen LogP contribution in [0.4, 0.5) is 5.13 Å². The van der Waals surface area contributed by atoms with Gasteiger partial charge in [0.15, 0.2) is 5.13 Å². The molecular weight excluding hydrogens is 344 g/mol. The number of nitrogens with zero attached hydrogens (tertiary/aromatic N) is 2. The van der Waals surface area contributed by atoms with Crippen molar-refractivity contribution in [3.8, 4) is 0 Å². The number of hydrogen-bond acceptors (Lipinski definition) is 4. The molecule has 4 nitrogen and oxygen atoms in total. The molecule has 0 N–H and O–H groups in total. The molecule has 0 aliphatic heterocycles. The Morgan fingerprint density at radius 1 is 1.08 bits per heavy atom. The van der Waals surface area contributed by atoms with Gasteiger partial charge in [0.25, 0.3) is 5.91 Å². The number of amides is 1. The molecule has 0 aliphatic rings. The third-order valence-corrected chi connectivity index (χ3v) is 5.27. The van der Waals surface area contributed by atoms with Crippen molar-refractivity contribution in [2.45, 2.75) is 20.4 Å². The van der Waals surface area contributed by atoms with E-state index in [1.54, 1.807) is 11.0 Å². The number of para-hydroxylation sites is 1. The lowest BCUT2D eigenvalue weighted by molar-refractivity contribution is 0.0983. The van der Waals surface area contributed by atoms with Crippen molar-refractivity contribution in [2.75, 3.05) is 4.90 Å². The van der Waals surface area contributed by atoms with Gasteiger partial charge in [-0.15, -0.1) is 0 Å². The molecule has 0 bridgehead atoms. The van der Waals surface area contributed by atoms with Gasteiger partial charge < -0.3 is 4.42 Å². The average Bonchev–Trinajstić information content (AvgIpc) is 3.22. The van der Waals surface area contributed by atoms with Crippen LogP contribution in [0.5, 0.6) is 0 Å². The lowest BCUT2D eigenvalue weighted by atomic mass is 10.2. The molecule has 0 radical (unpaired) electrons. The Hall–Kier alpha value is -2.92. The normalized spacial score (nSPS) is 11.0. The van der Waals surface area contributed by atoms with E-state index in [4.69, 9.17) is 4.42 Å². The number of furan rings is 1. The predicted octanol–water partition coefficient (Wildman–Crippen LogP) is 5.35. The van der Waals surface area contributed by atoms with Crippen LogP contribution in [0.2, 0.25) is 0 Å². The molecule has 0 fully saturated rings. The number of rotatable bonds is 4. The highest BCUT2D eigenvalue weighted by molar-refractivity contribution is 7.22. The smallest absolute Gasteiger partial charge is 0.263 e. The Balaban J connectivity index is 1.78. The maximum Gasteiger partial charge on any atom is 0.263 e. The summed E-state index contributed by atoms with van der Waals surface area (Å²) in [6.07, 6.45) is 0. The number of hydrogen-bond donors (Lipinski definition) is 0. The molecule has 4 rings (SSSR count). The van der Waals surface area contributed by atoms with Crippen molar-refractivity contribution >= 4 is 32.6 Å². The van der Waals surface area contributed by atoms with Crippen LogP contribution in [0.1, 0.15) is 27.4 Å². The van der Waals surface area contributed by atoms with E-state index in [0.29, 0.717) is 23.0 Å². The molecule has 0 atom stereocenters. The van der Waals surface area contributed by atoms with E-state index in [-0.39, 0.29) is 5.91 Å². The molecule has 0 saturated carbocycles. The summed E-state index contributed by atoms with van der Waals surface area (Å²) in [4.78, 5) is 19.7. The van der Waals surface area contributed by atoms with Crippen molar-refractivity contribution in [3.63, 3.8) is 0 Å². The number of fused-ring (bicyclic) bond motifs is 1. The fraction of sp³-hybridized carbons (Fsp3) is 0.143. The zero-order valence-corrected chi connectivity index (χ0v) is 15.4. The summed E-state index contributed by atoms with van der Waals surface area (Å²) in [7, 11) is 0. The minimum atomic E-state index is -0.0951. The van der Waals surface area contributed by atoms with Gasteiger partial charge in [-0.25, -0.2) is 4.98 Å². The average molecular weight is 362 g/mol. The molecule has 2 aromatic carbocycles. The molecule has 0 unspecified atom stereocenters. The van der Waals surface area contributed by atoms with E-state index in [0.717, 1.165) is 21.5 Å². The first-order chi connectivity index (χ1) is 12.6. The fourth-order valence-electron chi connectivity index (χ4n) is 2.96. The van der Waals surface area contributed by atoms with E-state index in [1.165, 1.54) is 11.3 Å². The first kappa shape index (κ1) is 16.5. The lowest BCUT2D eigenvalue weighted by Crippen LogP contribution is -2.30. The van der Waals surface area contributed by atoms with Crippen LogP contribution in [0.15, 0.2) is 65.1 Å². The van der Waals surface area contributed by atoms with Crippen molar-refractivity contribution in [1.82, 2.24) is 4.98 Å². The van der Waals surface area contributed by atoms with Gasteiger partial charge in [-0.05, 0) is 37.6 Å². The van der Waals surface area contributed by atoms with Crippen molar-refractivity contribution in [3.05, 3.63) is 83.3 Å². The maximum absolute atomic E-state index is 13.3. The van der Waals surface area contributed by atoms with Gasteiger partial charge >= 0.3 is 0 Å². The first-order valence-electron chi connectivity index (χ1n) is 8.40. The van der Waals surface area contributed by atoms with E-state index >= 15 is 0 Å². The second-order valence-electron chi connectivity index (χ2n) is 6.17. The van der Waals surface area contributed by atoms with E-state index < -0.39 is 0 Å². The van der Waals surface area contributed by atoms with Crippen LogP contribution in [0.25, 0.3) is 10.2 Å². The number of aromatic nitrogens is 1. The van der Waals surface area contributed by atoms with Crippen LogP contribution in [0, 0.1) is 13.8 Å². The summed E-state index contributed by atoms with van der Waals surface area (Å²) < 4.78 is 6.63.